The summed E-state index contributed by atoms with van der Waals surface area (Å²) in [7, 11) is 0. The van der Waals surface area contributed by atoms with Crippen LogP contribution < -0.4 is 4.74 Å². The van der Waals surface area contributed by atoms with Gasteiger partial charge in [0.25, 0.3) is 0 Å². The molecule has 2 aliphatic rings. The Morgan fingerprint density at radius 2 is 2.21 bits per heavy atom. The van der Waals surface area contributed by atoms with Crippen LogP contribution in [-0.2, 0) is 0 Å². The van der Waals surface area contributed by atoms with E-state index in [0.29, 0.717) is 0 Å². The number of aliphatic hydroxyl groups is 1. The van der Waals surface area contributed by atoms with Crippen molar-refractivity contribution in [1.29, 1.82) is 0 Å². The van der Waals surface area contributed by atoms with Crippen molar-refractivity contribution in [2.75, 3.05) is 6.61 Å². The number of hydrogen-bond acceptors (Lipinski definition) is 2. The minimum atomic E-state index is -0.483. The van der Waals surface area contributed by atoms with E-state index in [0.717, 1.165) is 40.1 Å². The average molecular weight is 325 g/mol. The first kappa shape index (κ1) is 13.4. The molecular weight excluding hydrogens is 304 g/mol. The number of hydrogen-bond donors (Lipinski definition) is 1. The maximum atomic E-state index is 9.80. The Morgan fingerprint density at radius 3 is 2.84 bits per heavy atom. The van der Waals surface area contributed by atoms with Gasteiger partial charge >= 0.3 is 0 Å². The van der Waals surface area contributed by atoms with Crippen LogP contribution in [0, 0.1) is 17.8 Å². The molecule has 3 heteroatoms. The van der Waals surface area contributed by atoms with Gasteiger partial charge in [0.1, 0.15) is 5.75 Å². The number of rotatable bonds is 4. The summed E-state index contributed by atoms with van der Waals surface area (Å²) in [6.07, 6.45) is 5.08. The molecule has 0 radical (unpaired) electrons. The Hall–Kier alpha value is -0.540. The van der Waals surface area contributed by atoms with Crippen LogP contribution in [0.15, 0.2) is 22.7 Å². The Balaban J connectivity index is 1.67. The van der Waals surface area contributed by atoms with Crippen LogP contribution in [0.4, 0.5) is 0 Å². The molecule has 3 unspecified atom stereocenters. The fourth-order valence-electron chi connectivity index (χ4n) is 3.76. The summed E-state index contributed by atoms with van der Waals surface area (Å²) in [5, 5.41) is 9.80. The molecule has 2 bridgehead atoms. The van der Waals surface area contributed by atoms with Crippen LogP contribution in [0.25, 0.3) is 0 Å². The molecule has 2 aliphatic carbocycles. The fraction of sp³-hybridized carbons (Fsp3) is 0.625. The van der Waals surface area contributed by atoms with Crippen LogP contribution in [-0.4, -0.2) is 11.7 Å². The fourth-order valence-corrected chi connectivity index (χ4v) is 4.10. The van der Waals surface area contributed by atoms with Gasteiger partial charge in [-0.3, -0.25) is 0 Å². The molecule has 0 aliphatic heterocycles. The third-order valence-corrected chi connectivity index (χ3v) is 5.26. The normalized spacial score (nSPS) is 30.6. The summed E-state index contributed by atoms with van der Waals surface area (Å²) >= 11 is 3.47. The SMILES string of the molecule is C[C@H](O)c1ccc(Br)cc1OCC1CC2CCC1C2. The van der Waals surface area contributed by atoms with Gasteiger partial charge in [0.2, 0.25) is 0 Å². The van der Waals surface area contributed by atoms with Gasteiger partial charge in [0.05, 0.1) is 12.7 Å². The van der Waals surface area contributed by atoms with Gasteiger partial charge < -0.3 is 9.84 Å². The van der Waals surface area contributed by atoms with Gasteiger partial charge in [-0.25, -0.2) is 0 Å². The topological polar surface area (TPSA) is 29.5 Å². The van der Waals surface area contributed by atoms with Crippen molar-refractivity contribution in [1.82, 2.24) is 0 Å². The van der Waals surface area contributed by atoms with Crippen molar-refractivity contribution >= 4 is 15.9 Å². The highest BCUT2D eigenvalue weighted by atomic mass is 79.9. The molecule has 1 N–H and O–H groups in total. The van der Waals surface area contributed by atoms with E-state index in [4.69, 9.17) is 4.74 Å². The predicted molar refractivity (Wildman–Crippen MR) is 79.2 cm³/mol. The summed E-state index contributed by atoms with van der Waals surface area (Å²) < 4.78 is 7.03. The van der Waals surface area contributed by atoms with E-state index >= 15 is 0 Å². The van der Waals surface area contributed by atoms with Gasteiger partial charge in [0, 0.05) is 10.0 Å². The Bertz CT molecular complexity index is 458. The molecule has 104 valence electrons. The summed E-state index contributed by atoms with van der Waals surface area (Å²) in [6.45, 7) is 2.59. The van der Waals surface area contributed by atoms with Gasteiger partial charge in [-0.05, 0) is 56.1 Å². The van der Waals surface area contributed by atoms with Crippen molar-refractivity contribution in [2.45, 2.75) is 38.7 Å². The first-order chi connectivity index (χ1) is 9.13. The molecule has 1 aromatic carbocycles. The summed E-state index contributed by atoms with van der Waals surface area (Å²) in [6, 6.07) is 5.85. The molecule has 0 heterocycles. The molecule has 4 atom stereocenters. The zero-order chi connectivity index (χ0) is 13.4. The lowest BCUT2D eigenvalue weighted by Crippen LogP contribution is -2.19. The number of halogens is 1. The first-order valence-corrected chi connectivity index (χ1v) is 8.03. The molecule has 0 spiro atoms. The van der Waals surface area contributed by atoms with Gasteiger partial charge in [0.15, 0.2) is 0 Å². The average Bonchev–Trinajstić information content (AvgIpc) is 2.98. The lowest BCUT2D eigenvalue weighted by molar-refractivity contribution is 0.172. The lowest BCUT2D eigenvalue weighted by atomic mass is 9.89. The van der Waals surface area contributed by atoms with E-state index < -0.39 is 6.10 Å². The Labute approximate surface area is 123 Å². The molecule has 2 nitrogen and oxygen atoms in total. The zero-order valence-corrected chi connectivity index (χ0v) is 12.9. The quantitative estimate of drug-likeness (QED) is 0.893. The first-order valence-electron chi connectivity index (χ1n) is 7.24. The highest BCUT2D eigenvalue weighted by molar-refractivity contribution is 9.10. The number of benzene rings is 1. The van der Waals surface area contributed by atoms with E-state index in [-0.39, 0.29) is 0 Å². The van der Waals surface area contributed by atoms with Crippen molar-refractivity contribution in [3.63, 3.8) is 0 Å². The Kier molecular flexibility index (Phi) is 3.86. The minimum Gasteiger partial charge on any atom is -0.493 e. The third-order valence-electron chi connectivity index (χ3n) is 4.76. The van der Waals surface area contributed by atoms with E-state index in [2.05, 4.69) is 15.9 Å². The second kappa shape index (κ2) is 5.45. The van der Waals surface area contributed by atoms with Crippen molar-refractivity contribution in [2.24, 2.45) is 17.8 Å². The molecule has 2 saturated carbocycles. The standard InChI is InChI=1S/C16H21BrO2/c1-10(18)15-5-4-14(17)8-16(15)19-9-13-7-11-2-3-12(13)6-11/h4-5,8,10-13,18H,2-3,6-7,9H2,1H3/t10-,11?,12?,13?/m0/s1. The Morgan fingerprint density at radius 1 is 1.37 bits per heavy atom. The monoisotopic (exact) mass is 324 g/mol. The highest BCUT2D eigenvalue weighted by Crippen LogP contribution is 2.48. The van der Waals surface area contributed by atoms with Crippen LogP contribution in [0.2, 0.25) is 0 Å². The highest BCUT2D eigenvalue weighted by Gasteiger charge is 2.39. The van der Waals surface area contributed by atoms with Crippen LogP contribution in [0.5, 0.6) is 5.75 Å². The number of ether oxygens (including phenoxy) is 1. The predicted octanol–water partition coefficient (Wildman–Crippen LogP) is 4.32. The van der Waals surface area contributed by atoms with E-state index in [1.807, 2.05) is 18.2 Å². The van der Waals surface area contributed by atoms with E-state index in [1.54, 1.807) is 6.92 Å². The van der Waals surface area contributed by atoms with Crippen molar-refractivity contribution < 1.29 is 9.84 Å². The molecule has 1 aromatic rings. The molecular formula is C16H21BrO2. The molecule has 0 saturated heterocycles. The molecule has 0 amide bonds. The van der Waals surface area contributed by atoms with Gasteiger partial charge in [-0.1, -0.05) is 28.4 Å². The van der Waals surface area contributed by atoms with E-state index in [1.165, 1.54) is 25.7 Å². The van der Waals surface area contributed by atoms with Crippen molar-refractivity contribution in [3.05, 3.63) is 28.2 Å². The molecule has 3 rings (SSSR count). The van der Waals surface area contributed by atoms with Gasteiger partial charge in [-0.15, -0.1) is 0 Å². The maximum absolute atomic E-state index is 9.80. The smallest absolute Gasteiger partial charge is 0.126 e. The lowest BCUT2D eigenvalue weighted by Gasteiger charge is -2.23. The number of fused-ring (bicyclic) bond motifs is 2. The second-order valence-electron chi connectivity index (χ2n) is 6.10. The van der Waals surface area contributed by atoms with Crippen molar-refractivity contribution in [3.8, 4) is 5.75 Å². The van der Waals surface area contributed by atoms with Crippen LogP contribution in [0.3, 0.4) is 0 Å². The van der Waals surface area contributed by atoms with E-state index in [9.17, 15) is 5.11 Å². The molecule has 0 aromatic heterocycles. The maximum Gasteiger partial charge on any atom is 0.126 e. The summed E-state index contributed by atoms with van der Waals surface area (Å²) in [5.41, 5.74) is 0.881. The molecule has 2 fully saturated rings. The third kappa shape index (κ3) is 2.82. The van der Waals surface area contributed by atoms with Crippen LogP contribution in [0.1, 0.15) is 44.3 Å². The summed E-state index contributed by atoms with van der Waals surface area (Å²) in [4.78, 5) is 0. The minimum absolute atomic E-state index is 0.483. The summed E-state index contributed by atoms with van der Waals surface area (Å²) in [5.74, 6) is 3.39. The molecule has 19 heavy (non-hydrogen) atoms. The second-order valence-corrected chi connectivity index (χ2v) is 7.02. The number of aliphatic hydroxyl groups excluding tert-OH is 1. The van der Waals surface area contributed by atoms with Crippen LogP contribution >= 0.6 is 15.9 Å². The van der Waals surface area contributed by atoms with Gasteiger partial charge in [-0.2, -0.15) is 0 Å². The largest absolute Gasteiger partial charge is 0.493 e. The zero-order valence-electron chi connectivity index (χ0n) is 11.3.